The van der Waals surface area contributed by atoms with Crippen LogP contribution in [0.4, 0.5) is 5.82 Å². The minimum Gasteiger partial charge on any atom is -0.384 e. The van der Waals surface area contributed by atoms with Crippen molar-refractivity contribution < 1.29 is 4.79 Å². The van der Waals surface area contributed by atoms with Crippen molar-refractivity contribution in [1.82, 2.24) is 10.3 Å². The first-order valence-electron chi connectivity index (χ1n) is 6.26. The molecule has 0 saturated carbocycles. The summed E-state index contributed by atoms with van der Waals surface area (Å²) in [5, 5.41) is 3.18. The molecule has 3 N–H and O–H groups in total. The molecule has 1 unspecified atom stereocenters. The Morgan fingerprint density at radius 1 is 1.35 bits per heavy atom. The van der Waals surface area contributed by atoms with Crippen molar-refractivity contribution in [2.45, 2.75) is 19.9 Å². The van der Waals surface area contributed by atoms with Crippen molar-refractivity contribution in [3.63, 3.8) is 0 Å². The molecule has 1 aromatic carbocycles. The highest BCUT2D eigenvalue weighted by Gasteiger charge is 2.15. The second kappa shape index (κ2) is 5.92. The van der Waals surface area contributed by atoms with E-state index in [1.54, 1.807) is 0 Å². The minimum absolute atomic E-state index is 0.117. The van der Waals surface area contributed by atoms with Crippen molar-refractivity contribution in [3.05, 3.63) is 58.2 Å². The van der Waals surface area contributed by atoms with Gasteiger partial charge in [0.1, 0.15) is 5.82 Å². The Balaban J connectivity index is 2.15. The molecule has 1 heterocycles. The number of rotatable bonds is 3. The number of nitrogens with two attached hydrogens (primary N) is 1. The number of aryl methyl sites for hydroxylation is 1. The van der Waals surface area contributed by atoms with Gasteiger partial charge in [-0.1, -0.05) is 41.4 Å². The van der Waals surface area contributed by atoms with E-state index in [0.717, 1.165) is 5.56 Å². The Hall–Kier alpha value is -2.07. The van der Waals surface area contributed by atoms with E-state index in [4.69, 9.17) is 17.3 Å². The molecule has 0 bridgehead atoms. The molecule has 0 aliphatic carbocycles. The van der Waals surface area contributed by atoms with Gasteiger partial charge in [-0.3, -0.25) is 4.79 Å². The average molecular weight is 290 g/mol. The standard InChI is InChI=1S/C15H16ClN3O/c1-9-3-5-11(6-4-9)10(2)19-15(20)12-7-14(17)18-8-13(12)16/h3-8,10H,1-2H3,(H2,17,18)(H,19,20). The molecule has 0 aliphatic heterocycles. The number of halogens is 1. The fraction of sp³-hybridized carbons (Fsp3) is 0.200. The zero-order valence-corrected chi connectivity index (χ0v) is 12.1. The molecule has 2 rings (SSSR count). The zero-order valence-electron chi connectivity index (χ0n) is 11.4. The van der Waals surface area contributed by atoms with Crippen molar-refractivity contribution in [1.29, 1.82) is 0 Å². The third-order valence-corrected chi connectivity index (χ3v) is 3.35. The van der Waals surface area contributed by atoms with E-state index in [9.17, 15) is 4.79 Å². The fourth-order valence-electron chi connectivity index (χ4n) is 1.84. The largest absolute Gasteiger partial charge is 0.384 e. The summed E-state index contributed by atoms with van der Waals surface area (Å²) in [5.41, 5.74) is 8.11. The number of carbonyl (C=O) groups excluding carboxylic acids is 1. The van der Waals surface area contributed by atoms with Gasteiger partial charge in [0.15, 0.2) is 0 Å². The number of aromatic nitrogens is 1. The SMILES string of the molecule is Cc1ccc(C(C)NC(=O)c2cc(N)ncc2Cl)cc1. The molecule has 1 aromatic heterocycles. The Labute approximate surface area is 123 Å². The number of anilines is 1. The first kappa shape index (κ1) is 14.3. The van der Waals surface area contributed by atoms with Crippen LogP contribution in [-0.2, 0) is 0 Å². The van der Waals surface area contributed by atoms with Crippen LogP contribution in [0.2, 0.25) is 5.02 Å². The summed E-state index contributed by atoms with van der Waals surface area (Å²) in [6, 6.07) is 9.35. The van der Waals surface area contributed by atoms with Gasteiger partial charge in [0.25, 0.3) is 5.91 Å². The lowest BCUT2D eigenvalue weighted by Crippen LogP contribution is -2.27. The molecule has 0 radical (unpaired) electrons. The second-order valence-electron chi connectivity index (χ2n) is 4.69. The molecule has 20 heavy (non-hydrogen) atoms. The Bertz CT molecular complexity index is 626. The van der Waals surface area contributed by atoms with Gasteiger partial charge in [-0.15, -0.1) is 0 Å². The van der Waals surface area contributed by atoms with Crippen LogP contribution >= 0.6 is 11.6 Å². The first-order valence-corrected chi connectivity index (χ1v) is 6.63. The molecular formula is C15H16ClN3O. The van der Waals surface area contributed by atoms with Gasteiger partial charge in [-0.25, -0.2) is 4.98 Å². The number of nitrogen functional groups attached to an aromatic ring is 1. The molecule has 2 aromatic rings. The normalized spacial score (nSPS) is 11.9. The van der Waals surface area contributed by atoms with Crippen molar-refractivity contribution in [3.8, 4) is 0 Å². The molecule has 0 spiro atoms. The number of hydrogen-bond donors (Lipinski definition) is 2. The molecule has 1 amide bonds. The molecular weight excluding hydrogens is 274 g/mol. The third-order valence-electron chi connectivity index (χ3n) is 3.05. The molecule has 0 fully saturated rings. The Kier molecular flexibility index (Phi) is 4.25. The van der Waals surface area contributed by atoms with E-state index >= 15 is 0 Å². The van der Waals surface area contributed by atoms with Crippen LogP contribution in [0.15, 0.2) is 36.5 Å². The highest BCUT2D eigenvalue weighted by Crippen LogP contribution is 2.19. The fourth-order valence-corrected chi connectivity index (χ4v) is 2.03. The van der Waals surface area contributed by atoms with Crippen molar-refractivity contribution >= 4 is 23.3 Å². The highest BCUT2D eigenvalue weighted by molar-refractivity contribution is 6.33. The van der Waals surface area contributed by atoms with Crippen molar-refractivity contribution in [2.24, 2.45) is 0 Å². The van der Waals surface area contributed by atoms with Crippen LogP contribution in [-0.4, -0.2) is 10.9 Å². The third kappa shape index (κ3) is 3.27. The van der Waals surface area contributed by atoms with Crippen LogP contribution in [0, 0.1) is 6.92 Å². The second-order valence-corrected chi connectivity index (χ2v) is 5.10. The summed E-state index contributed by atoms with van der Waals surface area (Å²) in [6.07, 6.45) is 1.38. The predicted octanol–water partition coefficient (Wildman–Crippen LogP) is 3.12. The molecule has 1 atom stereocenters. The quantitative estimate of drug-likeness (QED) is 0.912. The lowest BCUT2D eigenvalue weighted by atomic mass is 10.1. The smallest absolute Gasteiger partial charge is 0.253 e. The maximum atomic E-state index is 12.2. The monoisotopic (exact) mass is 289 g/mol. The topological polar surface area (TPSA) is 68.0 Å². The maximum absolute atomic E-state index is 12.2. The van der Waals surface area contributed by atoms with Gasteiger partial charge in [-0.2, -0.15) is 0 Å². The van der Waals surface area contributed by atoms with Gasteiger partial charge in [0.2, 0.25) is 0 Å². The zero-order chi connectivity index (χ0) is 14.7. The molecule has 5 heteroatoms. The van der Waals surface area contributed by atoms with E-state index in [0.29, 0.717) is 5.56 Å². The van der Waals surface area contributed by atoms with Gasteiger partial charge >= 0.3 is 0 Å². The molecule has 0 aliphatic rings. The number of benzene rings is 1. The van der Waals surface area contributed by atoms with Crippen LogP contribution in [0.5, 0.6) is 0 Å². The summed E-state index contributed by atoms with van der Waals surface area (Å²) < 4.78 is 0. The molecule has 0 saturated heterocycles. The van der Waals surface area contributed by atoms with E-state index in [-0.39, 0.29) is 22.8 Å². The van der Waals surface area contributed by atoms with E-state index < -0.39 is 0 Å². The summed E-state index contributed by atoms with van der Waals surface area (Å²) in [5.74, 6) is -0.000265. The number of hydrogen-bond acceptors (Lipinski definition) is 3. The lowest BCUT2D eigenvalue weighted by molar-refractivity contribution is 0.0940. The number of pyridine rings is 1. The van der Waals surface area contributed by atoms with Gasteiger partial charge in [0, 0.05) is 6.20 Å². The van der Waals surface area contributed by atoms with E-state index in [2.05, 4.69) is 10.3 Å². The minimum atomic E-state index is -0.267. The van der Waals surface area contributed by atoms with Crippen LogP contribution < -0.4 is 11.1 Å². The van der Waals surface area contributed by atoms with Gasteiger partial charge in [-0.05, 0) is 25.5 Å². The number of nitrogens with zero attached hydrogens (tertiary/aromatic N) is 1. The Morgan fingerprint density at radius 3 is 2.65 bits per heavy atom. The highest BCUT2D eigenvalue weighted by atomic mass is 35.5. The predicted molar refractivity (Wildman–Crippen MR) is 80.7 cm³/mol. The van der Waals surface area contributed by atoms with Crippen LogP contribution in [0.25, 0.3) is 0 Å². The summed E-state index contributed by atoms with van der Waals surface area (Å²) in [7, 11) is 0. The van der Waals surface area contributed by atoms with E-state index in [1.807, 2.05) is 38.1 Å². The number of amides is 1. The number of carbonyl (C=O) groups is 1. The summed E-state index contributed by atoms with van der Waals surface area (Å²) in [6.45, 7) is 3.94. The lowest BCUT2D eigenvalue weighted by Gasteiger charge is -2.15. The summed E-state index contributed by atoms with van der Waals surface area (Å²) in [4.78, 5) is 16.0. The van der Waals surface area contributed by atoms with Crippen LogP contribution in [0.3, 0.4) is 0 Å². The average Bonchev–Trinajstić information content (AvgIpc) is 2.42. The maximum Gasteiger partial charge on any atom is 0.253 e. The first-order chi connectivity index (χ1) is 9.47. The van der Waals surface area contributed by atoms with Gasteiger partial charge in [0.05, 0.1) is 16.6 Å². The molecule has 4 nitrogen and oxygen atoms in total. The molecule has 104 valence electrons. The van der Waals surface area contributed by atoms with Gasteiger partial charge < -0.3 is 11.1 Å². The Morgan fingerprint density at radius 2 is 2.00 bits per heavy atom. The van der Waals surface area contributed by atoms with E-state index in [1.165, 1.54) is 17.8 Å². The summed E-state index contributed by atoms with van der Waals surface area (Å²) >= 11 is 5.96. The number of nitrogens with one attached hydrogen (secondary N) is 1. The van der Waals surface area contributed by atoms with Crippen molar-refractivity contribution in [2.75, 3.05) is 5.73 Å². The van der Waals surface area contributed by atoms with Crippen LogP contribution in [0.1, 0.15) is 34.5 Å².